The Morgan fingerprint density at radius 3 is 2.78 bits per heavy atom. The van der Waals surface area contributed by atoms with Crippen LogP contribution in [0.25, 0.3) is 0 Å². The zero-order chi connectivity index (χ0) is 13.1. The van der Waals surface area contributed by atoms with Crippen LogP contribution < -0.4 is 5.73 Å². The van der Waals surface area contributed by atoms with Crippen molar-refractivity contribution in [1.29, 1.82) is 0 Å². The smallest absolute Gasteiger partial charge is 0.255 e. The van der Waals surface area contributed by atoms with E-state index in [1.807, 2.05) is 11.8 Å². The van der Waals surface area contributed by atoms with Gasteiger partial charge in [0.05, 0.1) is 10.6 Å². The van der Waals surface area contributed by atoms with Gasteiger partial charge in [-0.2, -0.15) is 0 Å². The Kier molecular flexibility index (Phi) is 4.07. The molecular formula is C13H18ClN3O. The average Bonchev–Trinajstić information content (AvgIpc) is 2.87. The summed E-state index contributed by atoms with van der Waals surface area (Å²) in [5.74, 6) is 0.260. The van der Waals surface area contributed by atoms with Crippen molar-refractivity contribution >= 4 is 23.3 Å². The van der Waals surface area contributed by atoms with E-state index in [1.165, 1.54) is 19.0 Å². The number of rotatable bonds is 3. The molecule has 0 spiro atoms. The number of halogens is 1. The first-order chi connectivity index (χ1) is 8.63. The number of carbonyl (C=O) groups excluding carboxylic acids is 1. The highest BCUT2D eigenvalue weighted by Crippen LogP contribution is 2.25. The molecule has 1 heterocycles. The Labute approximate surface area is 112 Å². The van der Waals surface area contributed by atoms with E-state index in [-0.39, 0.29) is 11.7 Å². The number of carbonyl (C=O) groups is 1. The van der Waals surface area contributed by atoms with Gasteiger partial charge in [-0.3, -0.25) is 4.79 Å². The van der Waals surface area contributed by atoms with Crippen LogP contribution in [0.5, 0.6) is 0 Å². The first-order valence-electron chi connectivity index (χ1n) is 6.35. The fourth-order valence-electron chi connectivity index (χ4n) is 2.51. The number of amides is 1. The molecule has 98 valence electrons. The fourth-order valence-corrected chi connectivity index (χ4v) is 2.68. The number of nitrogens with zero attached hydrogens (tertiary/aromatic N) is 2. The van der Waals surface area contributed by atoms with Crippen LogP contribution >= 0.6 is 11.6 Å². The van der Waals surface area contributed by atoms with Crippen LogP contribution in [0.1, 0.15) is 43.0 Å². The van der Waals surface area contributed by atoms with Crippen molar-refractivity contribution in [2.24, 2.45) is 0 Å². The van der Waals surface area contributed by atoms with Gasteiger partial charge in [0.1, 0.15) is 5.82 Å². The van der Waals surface area contributed by atoms with Gasteiger partial charge in [-0.05, 0) is 25.8 Å². The predicted molar refractivity (Wildman–Crippen MR) is 72.6 cm³/mol. The molecule has 1 aliphatic carbocycles. The second-order valence-corrected chi connectivity index (χ2v) is 5.03. The second-order valence-electron chi connectivity index (χ2n) is 4.62. The van der Waals surface area contributed by atoms with E-state index in [2.05, 4.69) is 4.98 Å². The third-order valence-electron chi connectivity index (χ3n) is 3.48. The van der Waals surface area contributed by atoms with Crippen LogP contribution in [0.3, 0.4) is 0 Å². The number of nitrogens with two attached hydrogens (primary N) is 1. The first kappa shape index (κ1) is 13.1. The third-order valence-corrected chi connectivity index (χ3v) is 3.79. The van der Waals surface area contributed by atoms with Gasteiger partial charge >= 0.3 is 0 Å². The van der Waals surface area contributed by atoms with Crippen molar-refractivity contribution in [3.05, 3.63) is 22.8 Å². The quantitative estimate of drug-likeness (QED) is 0.916. The van der Waals surface area contributed by atoms with Crippen molar-refractivity contribution in [3.8, 4) is 0 Å². The van der Waals surface area contributed by atoms with Gasteiger partial charge < -0.3 is 10.6 Å². The minimum Gasteiger partial charge on any atom is -0.382 e. The van der Waals surface area contributed by atoms with Gasteiger partial charge in [-0.15, -0.1) is 0 Å². The number of hydrogen-bond acceptors (Lipinski definition) is 3. The summed E-state index contributed by atoms with van der Waals surface area (Å²) in [5.41, 5.74) is 6.07. The van der Waals surface area contributed by atoms with Gasteiger partial charge in [0, 0.05) is 18.8 Å². The molecule has 0 saturated heterocycles. The molecule has 5 heteroatoms. The predicted octanol–water partition coefficient (Wildman–Crippen LogP) is 2.72. The fraction of sp³-hybridized carbons (Fsp3) is 0.538. The summed E-state index contributed by atoms with van der Waals surface area (Å²) in [5, 5.41) is 0.336. The van der Waals surface area contributed by atoms with E-state index in [0.29, 0.717) is 23.2 Å². The van der Waals surface area contributed by atoms with E-state index >= 15 is 0 Å². The first-order valence-corrected chi connectivity index (χ1v) is 6.73. The highest BCUT2D eigenvalue weighted by Gasteiger charge is 2.26. The molecule has 1 saturated carbocycles. The largest absolute Gasteiger partial charge is 0.382 e. The summed E-state index contributed by atoms with van der Waals surface area (Å²) in [6.07, 6.45) is 6.09. The van der Waals surface area contributed by atoms with Crippen LogP contribution in [0.15, 0.2) is 12.3 Å². The van der Waals surface area contributed by atoms with Crippen LogP contribution in [0.2, 0.25) is 5.02 Å². The molecule has 0 aliphatic heterocycles. The average molecular weight is 268 g/mol. The maximum absolute atomic E-state index is 12.4. The monoisotopic (exact) mass is 267 g/mol. The molecule has 1 amide bonds. The van der Waals surface area contributed by atoms with E-state index in [4.69, 9.17) is 17.3 Å². The molecule has 18 heavy (non-hydrogen) atoms. The van der Waals surface area contributed by atoms with Crippen molar-refractivity contribution in [1.82, 2.24) is 9.88 Å². The van der Waals surface area contributed by atoms with E-state index in [1.54, 1.807) is 6.07 Å². The summed E-state index contributed by atoms with van der Waals surface area (Å²) in [6.45, 7) is 2.72. The number of nitrogen functional groups attached to an aromatic ring is 1. The zero-order valence-corrected chi connectivity index (χ0v) is 11.3. The number of aromatic nitrogens is 1. The van der Waals surface area contributed by atoms with Crippen molar-refractivity contribution in [3.63, 3.8) is 0 Å². The lowest BCUT2D eigenvalue weighted by molar-refractivity contribution is 0.0693. The minimum atomic E-state index is -0.00111. The topological polar surface area (TPSA) is 59.2 Å². The van der Waals surface area contributed by atoms with Gasteiger partial charge in [0.2, 0.25) is 0 Å². The molecule has 1 fully saturated rings. The zero-order valence-electron chi connectivity index (χ0n) is 10.5. The molecule has 4 nitrogen and oxygen atoms in total. The summed E-state index contributed by atoms with van der Waals surface area (Å²) in [4.78, 5) is 18.3. The molecule has 0 aromatic carbocycles. The normalized spacial score (nSPS) is 15.9. The number of anilines is 1. The highest BCUT2D eigenvalue weighted by molar-refractivity contribution is 6.33. The summed E-state index contributed by atoms with van der Waals surface area (Å²) in [6, 6.07) is 1.96. The molecule has 0 atom stereocenters. The van der Waals surface area contributed by atoms with Crippen LogP contribution in [-0.2, 0) is 0 Å². The van der Waals surface area contributed by atoms with Crippen molar-refractivity contribution < 1.29 is 4.79 Å². The van der Waals surface area contributed by atoms with Gasteiger partial charge in [-0.25, -0.2) is 4.98 Å². The van der Waals surface area contributed by atoms with Crippen molar-refractivity contribution in [2.45, 2.75) is 38.6 Å². The molecule has 0 radical (unpaired) electrons. The van der Waals surface area contributed by atoms with Gasteiger partial charge in [-0.1, -0.05) is 24.4 Å². The van der Waals surface area contributed by atoms with Crippen LogP contribution in [0, 0.1) is 0 Å². The van der Waals surface area contributed by atoms with Gasteiger partial charge in [0.25, 0.3) is 5.91 Å². The van der Waals surface area contributed by atoms with Crippen LogP contribution in [-0.4, -0.2) is 28.4 Å². The Morgan fingerprint density at radius 2 is 2.22 bits per heavy atom. The Balaban J connectivity index is 2.19. The lowest BCUT2D eigenvalue weighted by Crippen LogP contribution is -2.38. The molecule has 2 rings (SSSR count). The Morgan fingerprint density at radius 1 is 1.56 bits per heavy atom. The van der Waals surface area contributed by atoms with Crippen LogP contribution in [0.4, 0.5) is 5.82 Å². The number of pyridine rings is 1. The Hall–Kier alpha value is -1.29. The number of hydrogen-bond donors (Lipinski definition) is 1. The molecule has 1 aliphatic rings. The summed E-state index contributed by atoms with van der Waals surface area (Å²) < 4.78 is 0. The molecule has 2 N–H and O–H groups in total. The second kappa shape index (κ2) is 5.57. The van der Waals surface area contributed by atoms with E-state index in [0.717, 1.165) is 12.8 Å². The van der Waals surface area contributed by atoms with Gasteiger partial charge in [0.15, 0.2) is 0 Å². The SMILES string of the molecule is CCN(C(=O)c1cnc(N)c(Cl)c1)C1CCCC1. The lowest BCUT2D eigenvalue weighted by atomic mass is 10.1. The lowest BCUT2D eigenvalue weighted by Gasteiger charge is -2.27. The van der Waals surface area contributed by atoms with E-state index < -0.39 is 0 Å². The molecule has 1 aromatic heterocycles. The molecule has 0 bridgehead atoms. The van der Waals surface area contributed by atoms with E-state index in [9.17, 15) is 4.79 Å². The highest BCUT2D eigenvalue weighted by atomic mass is 35.5. The summed E-state index contributed by atoms with van der Waals surface area (Å²) in [7, 11) is 0. The molecular weight excluding hydrogens is 250 g/mol. The maximum atomic E-state index is 12.4. The minimum absolute atomic E-state index is 0.00111. The standard InChI is InChI=1S/C13H18ClN3O/c1-2-17(10-5-3-4-6-10)13(18)9-7-11(14)12(15)16-8-9/h7-8,10H,2-6H2,1H3,(H2,15,16). The summed E-state index contributed by atoms with van der Waals surface area (Å²) >= 11 is 5.91. The third kappa shape index (κ3) is 2.58. The molecule has 0 unspecified atom stereocenters. The Bertz CT molecular complexity index is 444. The van der Waals surface area contributed by atoms with Crippen molar-refractivity contribution in [2.75, 3.05) is 12.3 Å². The maximum Gasteiger partial charge on any atom is 0.255 e. The molecule has 1 aromatic rings.